The van der Waals surface area contributed by atoms with Crippen LogP contribution in [-0.4, -0.2) is 29.9 Å². The Kier molecular flexibility index (Phi) is 7.17. The summed E-state index contributed by atoms with van der Waals surface area (Å²) in [5, 5.41) is 2.47. The fourth-order valence-corrected chi connectivity index (χ4v) is 3.93. The average Bonchev–Trinajstić information content (AvgIpc) is 2.85. The van der Waals surface area contributed by atoms with Crippen molar-refractivity contribution in [2.24, 2.45) is 0 Å². The highest BCUT2D eigenvalue weighted by atomic mass is 35.5. The van der Waals surface area contributed by atoms with E-state index in [-0.39, 0.29) is 17.1 Å². The van der Waals surface area contributed by atoms with Crippen molar-refractivity contribution in [3.8, 4) is 11.5 Å². The van der Waals surface area contributed by atoms with Crippen molar-refractivity contribution in [3.63, 3.8) is 0 Å². The number of barbiturate groups is 1. The van der Waals surface area contributed by atoms with Crippen LogP contribution in [0, 0.1) is 6.92 Å². The van der Waals surface area contributed by atoms with Crippen LogP contribution >= 0.6 is 11.6 Å². The van der Waals surface area contributed by atoms with E-state index in [2.05, 4.69) is 5.32 Å². The first-order valence-electron chi connectivity index (χ1n) is 10.8. The summed E-state index contributed by atoms with van der Waals surface area (Å²) < 4.78 is 11.4. The zero-order chi connectivity index (χ0) is 24.9. The molecule has 1 heterocycles. The number of halogens is 1. The summed E-state index contributed by atoms with van der Waals surface area (Å²) in [6.07, 6.45) is 1.38. The highest BCUT2D eigenvalue weighted by molar-refractivity contribution is 6.33. The van der Waals surface area contributed by atoms with Crippen molar-refractivity contribution in [1.29, 1.82) is 0 Å². The summed E-state index contributed by atoms with van der Waals surface area (Å²) in [4.78, 5) is 38.8. The number of nitrogens with zero attached hydrogens (tertiary/aromatic N) is 1. The largest absolute Gasteiger partial charge is 0.493 e. The number of urea groups is 1. The van der Waals surface area contributed by atoms with Gasteiger partial charge in [-0.15, -0.1) is 0 Å². The van der Waals surface area contributed by atoms with Crippen molar-refractivity contribution in [3.05, 3.63) is 99.6 Å². The van der Waals surface area contributed by atoms with E-state index >= 15 is 0 Å². The Balaban J connectivity index is 1.60. The third kappa shape index (κ3) is 5.36. The van der Waals surface area contributed by atoms with Crippen molar-refractivity contribution in [1.82, 2.24) is 10.2 Å². The maximum absolute atomic E-state index is 13.0. The lowest BCUT2D eigenvalue weighted by Gasteiger charge is -2.26. The lowest BCUT2D eigenvalue weighted by atomic mass is 10.1. The van der Waals surface area contributed by atoms with Gasteiger partial charge in [0.25, 0.3) is 11.8 Å². The summed E-state index contributed by atoms with van der Waals surface area (Å²) in [6.45, 7) is 2.32. The van der Waals surface area contributed by atoms with E-state index in [1.807, 2.05) is 37.3 Å². The van der Waals surface area contributed by atoms with Crippen LogP contribution in [0.1, 0.15) is 22.3 Å². The molecule has 0 unspecified atom stereocenters. The van der Waals surface area contributed by atoms with Crippen LogP contribution in [0.5, 0.6) is 11.5 Å². The van der Waals surface area contributed by atoms with E-state index in [0.717, 1.165) is 21.6 Å². The van der Waals surface area contributed by atoms with Crippen molar-refractivity contribution >= 4 is 35.5 Å². The van der Waals surface area contributed by atoms with Gasteiger partial charge in [0.1, 0.15) is 12.2 Å². The molecule has 0 aliphatic carbocycles. The van der Waals surface area contributed by atoms with Crippen LogP contribution < -0.4 is 14.8 Å². The number of carbonyl (C=O) groups excluding carboxylic acids is 3. The lowest BCUT2D eigenvalue weighted by Crippen LogP contribution is -2.53. The molecular weight excluding hydrogens is 468 g/mol. The predicted octanol–water partition coefficient (Wildman–Crippen LogP) is 4.90. The van der Waals surface area contributed by atoms with Crippen LogP contribution in [0.4, 0.5) is 4.79 Å². The molecule has 1 fully saturated rings. The predicted molar refractivity (Wildman–Crippen MR) is 132 cm³/mol. The second-order valence-electron chi connectivity index (χ2n) is 7.94. The third-order valence-corrected chi connectivity index (χ3v) is 5.85. The Labute approximate surface area is 207 Å². The van der Waals surface area contributed by atoms with E-state index in [1.165, 1.54) is 13.2 Å². The van der Waals surface area contributed by atoms with Gasteiger partial charge in [-0.3, -0.25) is 19.8 Å². The van der Waals surface area contributed by atoms with E-state index in [9.17, 15) is 14.4 Å². The molecule has 178 valence electrons. The molecule has 4 amide bonds. The zero-order valence-electron chi connectivity index (χ0n) is 19.2. The summed E-state index contributed by atoms with van der Waals surface area (Å²) >= 11 is 6.48. The van der Waals surface area contributed by atoms with E-state index in [1.54, 1.807) is 36.4 Å². The highest BCUT2D eigenvalue weighted by Gasteiger charge is 2.35. The SMILES string of the molecule is COc1cc(C=C2C(=O)NC(=O)N(Cc3ccccc3)C2=O)cc(Cl)c1OCc1ccccc1C. The van der Waals surface area contributed by atoms with Gasteiger partial charge in [-0.2, -0.15) is 0 Å². The van der Waals surface area contributed by atoms with Crippen molar-refractivity contribution < 1.29 is 23.9 Å². The molecule has 35 heavy (non-hydrogen) atoms. The summed E-state index contributed by atoms with van der Waals surface area (Å²) in [5.74, 6) is -0.782. The normalized spacial score (nSPS) is 14.8. The van der Waals surface area contributed by atoms with Crippen LogP contribution in [-0.2, 0) is 22.7 Å². The molecule has 1 aliphatic rings. The van der Waals surface area contributed by atoms with Crippen LogP contribution in [0.3, 0.4) is 0 Å². The first kappa shape index (κ1) is 24.0. The Bertz CT molecular complexity index is 1320. The van der Waals surface area contributed by atoms with Crippen molar-refractivity contribution in [2.45, 2.75) is 20.1 Å². The molecule has 3 aromatic rings. The van der Waals surface area contributed by atoms with Gasteiger partial charge in [0.15, 0.2) is 11.5 Å². The van der Waals surface area contributed by atoms with Crippen LogP contribution in [0.25, 0.3) is 6.08 Å². The molecule has 1 saturated heterocycles. The Morgan fingerprint density at radius 3 is 2.43 bits per heavy atom. The van der Waals surface area contributed by atoms with Gasteiger partial charge < -0.3 is 9.47 Å². The van der Waals surface area contributed by atoms with Crippen LogP contribution in [0.2, 0.25) is 5.02 Å². The number of ether oxygens (including phenoxy) is 2. The first-order chi connectivity index (χ1) is 16.9. The smallest absolute Gasteiger partial charge is 0.331 e. The van der Waals surface area contributed by atoms with Gasteiger partial charge in [-0.1, -0.05) is 66.2 Å². The molecule has 8 heteroatoms. The fraction of sp³-hybridized carbons (Fsp3) is 0.148. The molecule has 0 spiro atoms. The van der Waals surface area contributed by atoms with Gasteiger partial charge in [0.05, 0.1) is 18.7 Å². The number of rotatable bonds is 7. The number of methoxy groups -OCH3 is 1. The maximum atomic E-state index is 13.0. The number of aryl methyl sites for hydroxylation is 1. The molecule has 0 bridgehead atoms. The number of benzene rings is 3. The lowest BCUT2D eigenvalue weighted by molar-refractivity contribution is -0.130. The third-order valence-electron chi connectivity index (χ3n) is 5.57. The van der Waals surface area contributed by atoms with Gasteiger partial charge in [-0.25, -0.2) is 4.79 Å². The molecule has 0 radical (unpaired) electrons. The second kappa shape index (κ2) is 10.4. The molecule has 1 N–H and O–H groups in total. The molecule has 7 nitrogen and oxygen atoms in total. The molecular formula is C27H23ClN2O5. The minimum atomic E-state index is -0.778. The molecule has 0 atom stereocenters. The average molecular weight is 491 g/mol. The molecule has 3 aromatic carbocycles. The Morgan fingerprint density at radius 2 is 1.71 bits per heavy atom. The quantitative estimate of drug-likeness (QED) is 0.376. The summed E-state index contributed by atoms with van der Waals surface area (Å²) in [6, 6.07) is 19.3. The topological polar surface area (TPSA) is 84.9 Å². The number of amides is 4. The number of carbonyl (C=O) groups is 3. The van der Waals surface area contributed by atoms with Gasteiger partial charge in [0, 0.05) is 0 Å². The number of nitrogens with one attached hydrogen (secondary N) is 1. The molecule has 4 rings (SSSR count). The monoisotopic (exact) mass is 490 g/mol. The molecule has 0 aromatic heterocycles. The molecule has 0 saturated carbocycles. The number of hydrogen-bond donors (Lipinski definition) is 1. The summed E-state index contributed by atoms with van der Waals surface area (Å²) in [7, 11) is 1.47. The first-order valence-corrected chi connectivity index (χ1v) is 11.2. The van der Waals surface area contributed by atoms with E-state index < -0.39 is 17.8 Å². The van der Waals surface area contributed by atoms with Gasteiger partial charge in [-0.05, 0) is 47.4 Å². The minimum Gasteiger partial charge on any atom is -0.493 e. The molecule has 1 aliphatic heterocycles. The van der Waals surface area contributed by atoms with Gasteiger partial charge in [0.2, 0.25) is 0 Å². The van der Waals surface area contributed by atoms with Crippen LogP contribution in [0.15, 0.2) is 72.3 Å². The number of imide groups is 2. The standard InChI is InChI=1S/C27H23ClN2O5/c1-17-8-6-7-11-20(17)16-35-24-22(28)13-19(14-23(24)34-2)12-21-25(31)29-27(33)30(26(21)32)15-18-9-4-3-5-10-18/h3-14H,15-16H2,1-2H3,(H,29,31,33). The Morgan fingerprint density at radius 1 is 1.00 bits per heavy atom. The second-order valence-corrected chi connectivity index (χ2v) is 8.35. The summed E-state index contributed by atoms with van der Waals surface area (Å²) in [5.41, 5.74) is 3.10. The van der Waals surface area contributed by atoms with E-state index in [4.69, 9.17) is 21.1 Å². The maximum Gasteiger partial charge on any atom is 0.331 e. The van der Waals surface area contributed by atoms with Gasteiger partial charge >= 0.3 is 6.03 Å². The van der Waals surface area contributed by atoms with Crippen molar-refractivity contribution in [2.75, 3.05) is 7.11 Å². The Hall–Kier alpha value is -4.10. The fourth-order valence-electron chi connectivity index (χ4n) is 3.66. The van der Waals surface area contributed by atoms with E-state index in [0.29, 0.717) is 23.7 Å². The zero-order valence-corrected chi connectivity index (χ0v) is 20.0. The highest BCUT2D eigenvalue weighted by Crippen LogP contribution is 2.38. The number of hydrogen-bond acceptors (Lipinski definition) is 5. The minimum absolute atomic E-state index is 0.0336.